The van der Waals surface area contributed by atoms with Crippen LogP contribution >= 0.6 is 0 Å². The van der Waals surface area contributed by atoms with Gasteiger partial charge < -0.3 is 20.1 Å². The van der Waals surface area contributed by atoms with Gasteiger partial charge in [0.2, 0.25) is 5.91 Å². The predicted octanol–water partition coefficient (Wildman–Crippen LogP) is 1.50. The molecule has 1 saturated heterocycles. The van der Waals surface area contributed by atoms with Crippen molar-refractivity contribution < 1.29 is 14.3 Å². The Morgan fingerprint density at radius 1 is 1.45 bits per heavy atom. The maximum Gasteiger partial charge on any atom is 0.246 e. The first-order valence-corrected chi connectivity index (χ1v) is 7.86. The van der Waals surface area contributed by atoms with E-state index in [0.717, 1.165) is 30.7 Å². The number of hydrogen-bond donors (Lipinski definition) is 2. The van der Waals surface area contributed by atoms with Gasteiger partial charge in [-0.15, -0.1) is 0 Å². The average Bonchev–Trinajstić information content (AvgIpc) is 2.54. The van der Waals surface area contributed by atoms with Crippen molar-refractivity contribution in [3.63, 3.8) is 0 Å². The first-order valence-electron chi connectivity index (χ1n) is 7.86. The summed E-state index contributed by atoms with van der Waals surface area (Å²) >= 11 is 0. The second-order valence-corrected chi connectivity index (χ2v) is 5.47. The minimum absolute atomic E-state index is 0.0914. The van der Waals surface area contributed by atoms with E-state index in [9.17, 15) is 4.79 Å². The number of carbonyl (C=O) groups excluding carboxylic acids is 1. The van der Waals surface area contributed by atoms with Crippen LogP contribution in [-0.2, 0) is 14.3 Å². The predicted molar refractivity (Wildman–Crippen MR) is 84.9 cm³/mol. The summed E-state index contributed by atoms with van der Waals surface area (Å²) in [7, 11) is 0. The maximum atomic E-state index is 11.6. The quantitative estimate of drug-likeness (QED) is 0.712. The second-order valence-electron chi connectivity index (χ2n) is 5.47. The van der Waals surface area contributed by atoms with Gasteiger partial charge >= 0.3 is 0 Å². The fourth-order valence-electron chi connectivity index (χ4n) is 2.34. The Hall–Kier alpha value is -1.66. The second kappa shape index (κ2) is 9.38. The number of nitrogens with zero attached hydrogens (tertiary/aromatic N) is 1. The largest absolute Gasteiger partial charge is 0.383 e. The molecule has 1 fully saturated rings. The molecule has 0 aromatic carbocycles. The zero-order valence-electron chi connectivity index (χ0n) is 13.1. The van der Waals surface area contributed by atoms with Crippen molar-refractivity contribution in [2.75, 3.05) is 38.2 Å². The van der Waals surface area contributed by atoms with Crippen LogP contribution in [0.2, 0.25) is 0 Å². The topological polar surface area (TPSA) is 72.5 Å². The summed E-state index contributed by atoms with van der Waals surface area (Å²) in [5.41, 5.74) is 2.12. The summed E-state index contributed by atoms with van der Waals surface area (Å²) in [6.07, 6.45) is 7.03. The van der Waals surface area contributed by atoms with Crippen LogP contribution in [0.5, 0.6) is 0 Å². The monoisotopic (exact) mass is 307 g/mol. The third-order valence-electron chi connectivity index (χ3n) is 3.59. The van der Waals surface area contributed by atoms with Gasteiger partial charge in [0.25, 0.3) is 0 Å². The van der Waals surface area contributed by atoms with Gasteiger partial charge in [0, 0.05) is 37.8 Å². The Kier molecular flexibility index (Phi) is 7.12. The van der Waals surface area contributed by atoms with E-state index in [0.29, 0.717) is 19.7 Å². The minimum Gasteiger partial charge on any atom is -0.383 e. The lowest BCUT2D eigenvalue weighted by molar-refractivity contribution is -0.127. The zero-order valence-corrected chi connectivity index (χ0v) is 13.1. The number of rotatable bonds is 8. The van der Waals surface area contributed by atoms with E-state index in [1.54, 1.807) is 6.20 Å². The summed E-state index contributed by atoms with van der Waals surface area (Å²) in [4.78, 5) is 15.7. The van der Waals surface area contributed by atoms with E-state index in [4.69, 9.17) is 9.47 Å². The number of aromatic nitrogens is 1. The van der Waals surface area contributed by atoms with Crippen molar-refractivity contribution in [1.82, 2.24) is 10.3 Å². The van der Waals surface area contributed by atoms with Gasteiger partial charge in [-0.1, -0.05) is 0 Å². The number of aryl methyl sites for hydroxylation is 1. The first-order chi connectivity index (χ1) is 10.8. The van der Waals surface area contributed by atoms with Crippen molar-refractivity contribution in [2.45, 2.75) is 32.3 Å². The molecule has 1 aromatic rings. The van der Waals surface area contributed by atoms with E-state index < -0.39 is 0 Å². The molecule has 0 saturated carbocycles. The molecule has 0 aliphatic carbocycles. The van der Waals surface area contributed by atoms with E-state index >= 15 is 0 Å². The van der Waals surface area contributed by atoms with Gasteiger partial charge in [-0.25, -0.2) is 0 Å². The minimum atomic E-state index is -0.0935. The summed E-state index contributed by atoms with van der Waals surface area (Å²) in [5, 5.41) is 6.09. The number of pyridine rings is 1. The third-order valence-corrected chi connectivity index (χ3v) is 3.59. The van der Waals surface area contributed by atoms with Crippen molar-refractivity contribution in [3.05, 3.63) is 24.0 Å². The van der Waals surface area contributed by atoms with Crippen LogP contribution in [-0.4, -0.2) is 49.9 Å². The summed E-state index contributed by atoms with van der Waals surface area (Å²) in [6, 6.07) is 1.92. The highest BCUT2D eigenvalue weighted by atomic mass is 16.5. The SMILES string of the molecule is Cc1cnccc1NCCNC(=O)COCC1CCCCO1. The molecule has 0 radical (unpaired) electrons. The van der Waals surface area contributed by atoms with Gasteiger partial charge in [0.05, 0.1) is 12.7 Å². The van der Waals surface area contributed by atoms with Gasteiger partial charge in [-0.3, -0.25) is 9.78 Å². The number of ether oxygens (including phenoxy) is 2. The van der Waals surface area contributed by atoms with E-state index in [1.165, 1.54) is 6.42 Å². The standard InChI is InChI=1S/C16H25N3O3/c1-13-10-17-6-5-15(13)18-7-8-19-16(20)12-21-11-14-4-2-3-9-22-14/h5-6,10,14H,2-4,7-9,11-12H2,1H3,(H,17,18)(H,19,20). The van der Waals surface area contributed by atoms with Gasteiger partial charge in [0.15, 0.2) is 0 Å². The van der Waals surface area contributed by atoms with Crippen LogP contribution in [0.3, 0.4) is 0 Å². The molecule has 1 atom stereocenters. The molecule has 6 nitrogen and oxygen atoms in total. The van der Waals surface area contributed by atoms with Crippen molar-refractivity contribution >= 4 is 11.6 Å². The Balaban J connectivity index is 1.51. The smallest absolute Gasteiger partial charge is 0.246 e. The molecule has 2 rings (SSSR count). The summed E-state index contributed by atoms with van der Waals surface area (Å²) in [5.74, 6) is -0.0935. The summed E-state index contributed by atoms with van der Waals surface area (Å²) in [6.45, 7) is 4.62. The number of anilines is 1. The Morgan fingerprint density at radius 3 is 3.14 bits per heavy atom. The molecule has 2 heterocycles. The Bertz CT molecular complexity index is 462. The van der Waals surface area contributed by atoms with Crippen LogP contribution in [0.25, 0.3) is 0 Å². The van der Waals surface area contributed by atoms with Crippen LogP contribution in [0.15, 0.2) is 18.5 Å². The van der Waals surface area contributed by atoms with E-state index in [-0.39, 0.29) is 18.6 Å². The highest BCUT2D eigenvalue weighted by Crippen LogP contribution is 2.12. The molecule has 0 spiro atoms. The lowest BCUT2D eigenvalue weighted by atomic mass is 10.1. The Labute approximate surface area is 131 Å². The van der Waals surface area contributed by atoms with Crippen LogP contribution in [0, 0.1) is 6.92 Å². The van der Waals surface area contributed by atoms with Crippen LogP contribution in [0.4, 0.5) is 5.69 Å². The lowest BCUT2D eigenvalue weighted by Crippen LogP contribution is -2.33. The maximum absolute atomic E-state index is 11.6. The molecule has 1 aliphatic heterocycles. The fraction of sp³-hybridized carbons (Fsp3) is 0.625. The van der Waals surface area contributed by atoms with Crippen molar-refractivity contribution in [2.24, 2.45) is 0 Å². The number of carbonyl (C=O) groups is 1. The third kappa shape index (κ3) is 5.99. The molecular weight excluding hydrogens is 282 g/mol. The molecule has 1 aromatic heterocycles. The molecule has 2 N–H and O–H groups in total. The Morgan fingerprint density at radius 2 is 2.36 bits per heavy atom. The molecule has 6 heteroatoms. The number of nitrogens with one attached hydrogen (secondary N) is 2. The average molecular weight is 307 g/mol. The van der Waals surface area contributed by atoms with Crippen LogP contribution in [0.1, 0.15) is 24.8 Å². The first kappa shape index (κ1) is 16.7. The van der Waals surface area contributed by atoms with Gasteiger partial charge in [-0.2, -0.15) is 0 Å². The van der Waals surface area contributed by atoms with Gasteiger partial charge in [0.1, 0.15) is 6.61 Å². The number of hydrogen-bond acceptors (Lipinski definition) is 5. The molecule has 1 aliphatic rings. The lowest BCUT2D eigenvalue weighted by Gasteiger charge is -2.22. The zero-order chi connectivity index (χ0) is 15.6. The molecule has 0 bridgehead atoms. The normalized spacial score (nSPS) is 18.0. The molecule has 1 unspecified atom stereocenters. The fourth-order valence-corrected chi connectivity index (χ4v) is 2.34. The van der Waals surface area contributed by atoms with Gasteiger partial charge in [-0.05, 0) is 37.8 Å². The van der Waals surface area contributed by atoms with Crippen molar-refractivity contribution in [3.8, 4) is 0 Å². The molecule has 22 heavy (non-hydrogen) atoms. The molecule has 122 valence electrons. The summed E-state index contributed by atoms with van der Waals surface area (Å²) < 4.78 is 11.0. The van der Waals surface area contributed by atoms with E-state index in [1.807, 2.05) is 19.2 Å². The molecule has 1 amide bonds. The highest BCUT2D eigenvalue weighted by molar-refractivity contribution is 5.77. The molecular formula is C16H25N3O3. The number of amides is 1. The van der Waals surface area contributed by atoms with Crippen LogP contribution < -0.4 is 10.6 Å². The van der Waals surface area contributed by atoms with Crippen molar-refractivity contribution in [1.29, 1.82) is 0 Å². The highest BCUT2D eigenvalue weighted by Gasteiger charge is 2.14. The van der Waals surface area contributed by atoms with E-state index in [2.05, 4.69) is 15.6 Å².